The summed E-state index contributed by atoms with van der Waals surface area (Å²) < 4.78 is 44.9. The number of amidine groups is 1. The summed E-state index contributed by atoms with van der Waals surface area (Å²) in [5.41, 5.74) is 1.84. The smallest absolute Gasteiger partial charge is 0.294 e. The maximum absolute atomic E-state index is 12.6. The lowest BCUT2D eigenvalue weighted by molar-refractivity contribution is 0.483. The first-order valence-corrected chi connectivity index (χ1v) is 12.3. The third-order valence-corrected chi connectivity index (χ3v) is 8.53. The topological polar surface area (TPSA) is 144 Å². The molecule has 8 nitrogen and oxygen atoms in total. The van der Waals surface area contributed by atoms with Crippen molar-refractivity contribution in [1.29, 1.82) is 10.7 Å². The quantitative estimate of drug-likeness (QED) is 0.430. The molecule has 2 heterocycles. The first kappa shape index (κ1) is 21.1. The lowest BCUT2D eigenvalue weighted by Gasteiger charge is -2.17. The minimum atomic E-state index is -4.02. The van der Waals surface area contributed by atoms with E-state index in [-0.39, 0.29) is 10.7 Å². The number of nitrogens with zero attached hydrogens (tertiary/aromatic N) is 2. The van der Waals surface area contributed by atoms with Crippen LogP contribution in [0, 0.1) is 23.7 Å². The number of aryl methyl sites for hydroxylation is 1. The van der Waals surface area contributed by atoms with Crippen LogP contribution in [0.15, 0.2) is 46.3 Å². The Morgan fingerprint density at radius 3 is 2.45 bits per heavy atom. The predicted molar refractivity (Wildman–Crippen MR) is 110 cm³/mol. The van der Waals surface area contributed by atoms with Crippen molar-refractivity contribution in [2.75, 3.05) is 5.75 Å². The Balaban J connectivity index is 0.000000188. The van der Waals surface area contributed by atoms with Gasteiger partial charge in [0.15, 0.2) is 5.84 Å². The molecule has 0 atom stereocenters. The van der Waals surface area contributed by atoms with Crippen molar-refractivity contribution in [3.63, 3.8) is 0 Å². The van der Waals surface area contributed by atoms with Gasteiger partial charge in [-0.1, -0.05) is 24.6 Å². The van der Waals surface area contributed by atoms with E-state index in [1.165, 1.54) is 12.1 Å². The van der Waals surface area contributed by atoms with Crippen LogP contribution in [0.2, 0.25) is 0 Å². The predicted octanol–water partition coefficient (Wildman–Crippen LogP) is 2.12. The Bertz CT molecular complexity index is 1160. The average Bonchev–Trinajstić information content (AvgIpc) is 3.44. The molecule has 0 radical (unpaired) electrons. The molecule has 0 spiro atoms. The van der Waals surface area contributed by atoms with Crippen LogP contribution in [0.4, 0.5) is 0 Å². The van der Waals surface area contributed by atoms with Crippen LogP contribution in [-0.4, -0.2) is 33.8 Å². The fourth-order valence-corrected chi connectivity index (χ4v) is 5.45. The fourth-order valence-electron chi connectivity index (χ4n) is 3.03. The van der Waals surface area contributed by atoms with Crippen LogP contribution in [-0.2, 0) is 25.7 Å². The zero-order valence-electron chi connectivity index (χ0n) is 16.0. The SMILES string of the molecule is CC[SH]1(=O)NC(=N)c2ncc(C3(C#N)CC3)cc21.Cc1ccc(S(=O)(=O)O)cc1. The number of pyridine rings is 1. The number of hydrogen-bond donors (Lipinski definition) is 4. The molecule has 1 aromatic heterocycles. The summed E-state index contributed by atoms with van der Waals surface area (Å²) in [6.45, 7) is 3.67. The molecular weight excluding hydrogens is 412 g/mol. The Morgan fingerprint density at radius 1 is 1.34 bits per heavy atom. The second-order valence-electron chi connectivity index (χ2n) is 7.12. The standard InChI is InChI=1S/C12H14N4OS.C7H8O3S/c1-2-18(17)9-5-8(12(7-13)3-4-12)6-15-10(9)11(14)16-18;1-6-2-4-7(5-3-6)11(8,9)10/h5-6,18H,2-4H2,1H3,(H2,14,16,17);2-5H,1H3,(H,8,9,10). The van der Waals surface area contributed by atoms with Gasteiger partial charge >= 0.3 is 0 Å². The van der Waals surface area contributed by atoms with Gasteiger partial charge in [-0.25, -0.2) is 0 Å². The van der Waals surface area contributed by atoms with Gasteiger partial charge in [0.25, 0.3) is 10.1 Å². The van der Waals surface area contributed by atoms with E-state index >= 15 is 0 Å². The summed E-state index contributed by atoms with van der Waals surface area (Å²) in [5, 5.41) is 17.0. The molecule has 2 aliphatic rings. The Hall–Kier alpha value is -2.61. The van der Waals surface area contributed by atoms with Gasteiger partial charge in [0.2, 0.25) is 0 Å². The van der Waals surface area contributed by atoms with Gasteiger partial charge in [0.1, 0.15) is 5.69 Å². The van der Waals surface area contributed by atoms with E-state index in [1.807, 2.05) is 19.9 Å². The summed E-state index contributed by atoms with van der Waals surface area (Å²) in [4.78, 5) is 4.78. The highest BCUT2D eigenvalue weighted by atomic mass is 32.3. The van der Waals surface area contributed by atoms with Gasteiger partial charge in [0.05, 0.1) is 21.3 Å². The van der Waals surface area contributed by atoms with Crippen molar-refractivity contribution in [3.05, 3.63) is 53.3 Å². The molecule has 0 unspecified atom stereocenters. The van der Waals surface area contributed by atoms with Crippen LogP contribution in [0.25, 0.3) is 0 Å². The Labute approximate surface area is 170 Å². The number of thiol groups is 1. The monoisotopic (exact) mass is 434 g/mol. The summed E-state index contributed by atoms with van der Waals surface area (Å²) in [6, 6.07) is 10.1. The number of nitrogens with one attached hydrogen (secondary N) is 2. The maximum atomic E-state index is 12.6. The van der Waals surface area contributed by atoms with E-state index in [2.05, 4.69) is 15.8 Å². The molecule has 10 heteroatoms. The molecule has 1 saturated carbocycles. The molecule has 0 amide bonds. The maximum Gasteiger partial charge on any atom is 0.294 e. The molecule has 3 N–H and O–H groups in total. The summed E-state index contributed by atoms with van der Waals surface area (Å²) in [5.74, 6) is 0.580. The number of hydrogen-bond acceptors (Lipinski definition) is 6. The first-order valence-electron chi connectivity index (χ1n) is 8.97. The average molecular weight is 435 g/mol. The second kappa shape index (κ2) is 7.33. The van der Waals surface area contributed by atoms with Crippen LogP contribution in [0.5, 0.6) is 0 Å². The molecule has 0 saturated heterocycles. The van der Waals surface area contributed by atoms with Crippen molar-refractivity contribution in [1.82, 2.24) is 9.71 Å². The van der Waals surface area contributed by atoms with E-state index < -0.39 is 25.7 Å². The van der Waals surface area contributed by atoms with E-state index in [1.54, 1.807) is 18.3 Å². The molecule has 29 heavy (non-hydrogen) atoms. The molecule has 1 aromatic carbocycles. The first-order chi connectivity index (χ1) is 13.5. The number of benzene rings is 1. The third kappa shape index (κ3) is 4.07. The normalized spacial score (nSPS) is 19.0. The highest BCUT2D eigenvalue weighted by Gasteiger charge is 2.46. The van der Waals surface area contributed by atoms with Crippen molar-refractivity contribution < 1.29 is 17.2 Å². The minimum absolute atomic E-state index is 0.0666. The van der Waals surface area contributed by atoms with Crippen molar-refractivity contribution in [2.24, 2.45) is 0 Å². The van der Waals surface area contributed by atoms with Gasteiger partial charge in [-0.3, -0.25) is 19.2 Å². The number of fused-ring (bicyclic) bond motifs is 1. The van der Waals surface area contributed by atoms with Crippen LogP contribution in [0.3, 0.4) is 0 Å². The Kier molecular flexibility index (Phi) is 5.34. The zero-order chi connectivity index (χ0) is 21.4. The van der Waals surface area contributed by atoms with Gasteiger partial charge in [-0.05, 0) is 53.6 Å². The van der Waals surface area contributed by atoms with Crippen LogP contribution in [0.1, 0.15) is 36.6 Å². The molecule has 154 valence electrons. The third-order valence-electron chi connectivity index (χ3n) is 5.07. The summed E-state index contributed by atoms with van der Waals surface area (Å²) in [6.07, 6.45) is 3.33. The minimum Gasteiger partial charge on any atom is -0.306 e. The molecule has 1 aliphatic carbocycles. The van der Waals surface area contributed by atoms with Gasteiger partial charge in [-0.2, -0.15) is 13.7 Å². The van der Waals surface area contributed by atoms with E-state index in [4.69, 9.17) is 9.96 Å². The highest BCUT2D eigenvalue weighted by Crippen LogP contribution is 2.48. The second-order valence-corrected chi connectivity index (χ2v) is 11.4. The number of nitriles is 1. The van der Waals surface area contributed by atoms with E-state index in [9.17, 15) is 17.9 Å². The van der Waals surface area contributed by atoms with Crippen molar-refractivity contribution in [3.8, 4) is 6.07 Å². The van der Waals surface area contributed by atoms with Crippen molar-refractivity contribution >= 4 is 26.1 Å². The van der Waals surface area contributed by atoms with E-state index in [0.29, 0.717) is 16.3 Å². The van der Waals surface area contributed by atoms with Gasteiger partial charge in [-0.15, -0.1) is 0 Å². The van der Waals surface area contributed by atoms with Crippen molar-refractivity contribution in [2.45, 2.75) is 41.9 Å². The molecule has 1 aliphatic heterocycles. The lowest BCUT2D eigenvalue weighted by atomic mass is 9.99. The number of rotatable bonds is 3. The summed E-state index contributed by atoms with van der Waals surface area (Å²) >= 11 is 0. The van der Waals surface area contributed by atoms with Crippen LogP contribution >= 0.6 is 0 Å². The molecular formula is C19H22N4O4S2. The summed E-state index contributed by atoms with van der Waals surface area (Å²) in [7, 11) is -6.74. The number of aromatic nitrogens is 1. The molecule has 4 rings (SSSR count). The fraction of sp³-hybridized carbons (Fsp3) is 0.316. The molecule has 1 fully saturated rings. The zero-order valence-corrected chi connectivity index (χ0v) is 17.7. The van der Waals surface area contributed by atoms with Crippen LogP contribution < -0.4 is 4.72 Å². The van der Waals surface area contributed by atoms with Gasteiger partial charge < -0.3 is 4.72 Å². The molecule has 2 aromatic rings. The lowest BCUT2D eigenvalue weighted by Crippen LogP contribution is -2.30. The Morgan fingerprint density at radius 2 is 1.97 bits per heavy atom. The van der Waals surface area contributed by atoms with E-state index in [0.717, 1.165) is 24.0 Å². The largest absolute Gasteiger partial charge is 0.306 e. The molecule has 0 bridgehead atoms. The van der Waals surface area contributed by atoms with Gasteiger partial charge in [0, 0.05) is 11.9 Å². The highest BCUT2D eigenvalue weighted by molar-refractivity contribution is 8.02.